The van der Waals surface area contributed by atoms with Crippen molar-refractivity contribution in [1.29, 1.82) is 0 Å². The molecule has 0 saturated heterocycles. The van der Waals surface area contributed by atoms with Gasteiger partial charge in [-0.1, -0.05) is 74.3 Å². The van der Waals surface area contributed by atoms with Gasteiger partial charge in [-0.2, -0.15) is 0 Å². The lowest BCUT2D eigenvalue weighted by Gasteiger charge is -2.11. The highest BCUT2D eigenvalue weighted by atomic mass is 79.9. The lowest BCUT2D eigenvalue weighted by Crippen LogP contribution is -1.95. The van der Waals surface area contributed by atoms with Crippen LogP contribution < -0.4 is 0 Å². The van der Waals surface area contributed by atoms with E-state index in [1.807, 2.05) is 0 Å². The zero-order valence-corrected chi connectivity index (χ0v) is 12.8. The van der Waals surface area contributed by atoms with Gasteiger partial charge in [0.15, 0.2) is 0 Å². The fourth-order valence-electron chi connectivity index (χ4n) is 1.80. The van der Waals surface area contributed by atoms with Gasteiger partial charge in [0.1, 0.15) is 0 Å². The molecular formula is C15H14Br2. The van der Waals surface area contributed by atoms with Crippen molar-refractivity contribution in [2.24, 2.45) is 0 Å². The van der Waals surface area contributed by atoms with Crippen LogP contribution >= 0.6 is 31.9 Å². The van der Waals surface area contributed by atoms with Crippen LogP contribution in [0, 0.1) is 6.92 Å². The maximum atomic E-state index is 3.77. The van der Waals surface area contributed by atoms with Crippen molar-refractivity contribution in [3.05, 3.63) is 69.7 Å². The van der Waals surface area contributed by atoms with Crippen molar-refractivity contribution >= 4 is 31.9 Å². The minimum absolute atomic E-state index is 0.372. The molecule has 0 saturated carbocycles. The summed E-state index contributed by atoms with van der Waals surface area (Å²) in [5.74, 6) is 0. The van der Waals surface area contributed by atoms with E-state index in [1.54, 1.807) is 0 Å². The van der Waals surface area contributed by atoms with Crippen LogP contribution in [-0.2, 0) is 6.42 Å². The number of benzene rings is 2. The summed E-state index contributed by atoms with van der Waals surface area (Å²) in [7, 11) is 0. The van der Waals surface area contributed by atoms with E-state index < -0.39 is 0 Å². The second kappa shape index (κ2) is 5.83. The van der Waals surface area contributed by atoms with Crippen LogP contribution in [0.25, 0.3) is 0 Å². The Hall–Kier alpha value is -0.600. The molecule has 0 bridgehead atoms. The van der Waals surface area contributed by atoms with E-state index in [1.165, 1.54) is 21.2 Å². The first-order valence-electron chi connectivity index (χ1n) is 5.61. The number of aryl methyl sites for hydroxylation is 1. The normalized spacial score (nSPS) is 12.4. The Morgan fingerprint density at radius 3 is 2.41 bits per heavy atom. The molecule has 88 valence electrons. The van der Waals surface area contributed by atoms with Gasteiger partial charge in [-0.15, -0.1) is 0 Å². The van der Waals surface area contributed by atoms with Crippen molar-refractivity contribution in [2.45, 2.75) is 18.2 Å². The quantitative estimate of drug-likeness (QED) is 0.645. The predicted molar refractivity (Wildman–Crippen MR) is 80.7 cm³/mol. The largest absolute Gasteiger partial charge is 0.0835 e. The van der Waals surface area contributed by atoms with E-state index >= 15 is 0 Å². The van der Waals surface area contributed by atoms with Gasteiger partial charge in [0.2, 0.25) is 0 Å². The van der Waals surface area contributed by atoms with E-state index in [-0.39, 0.29) is 0 Å². The van der Waals surface area contributed by atoms with E-state index in [0.29, 0.717) is 4.83 Å². The molecule has 0 heterocycles. The van der Waals surface area contributed by atoms with Crippen molar-refractivity contribution in [1.82, 2.24) is 0 Å². The van der Waals surface area contributed by atoms with Gasteiger partial charge in [-0.05, 0) is 36.1 Å². The minimum atomic E-state index is 0.372. The molecule has 2 aromatic carbocycles. The maximum Gasteiger partial charge on any atom is 0.0435 e. The third kappa shape index (κ3) is 3.43. The SMILES string of the molecule is Cc1cc(C(Br)Cc2ccccc2)ccc1Br. The van der Waals surface area contributed by atoms with Gasteiger partial charge in [0.25, 0.3) is 0 Å². The fraction of sp³-hybridized carbons (Fsp3) is 0.200. The first-order valence-corrected chi connectivity index (χ1v) is 7.32. The molecule has 0 N–H and O–H groups in total. The monoisotopic (exact) mass is 352 g/mol. The van der Waals surface area contributed by atoms with Gasteiger partial charge < -0.3 is 0 Å². The van der Waals surface area contributed by atoms with Crippen LogP contribution in [0.1, 0.15) is 21.5 Å². The van der Waals surface area contributed by atoms with E-state index in [0.717, 1.165) is 6.42 Å². The van der Waals surface area contributed by atoms with Gasteiger partial charge in [-0.3, -0.25) is 0 Å². The summed E-state index contributed by atoms with van der Waals surface area (Å²) in [6.45, 7) is 2.12. The molecule has 0 amide bonds. The molecule has 1 atom stereocenters. The Morgan fingerprint density at radius 2 is 1.76 bits per heavy atom. The molecule has 1 unspecified atom stereocenters. The van der Waals surface area contributed by atoms with Gasteiger partial charge in [0, 0.05) is 9.30 Å². The predicted octanol–water partition coefficient (Wildman–Crippen LogP) is 5.44. The van der Waals surface area contributed by atoms with E-state index in [9.17, 15) is 0 Å². The van der Waals surface area contributed by atoms with Crippen LogP contribution in [0.5, 0.6) is 0 Å². The van der Waals surface area contributed by atoms with Crippen LogP contribution in [0.2, 0.25) is 0 Å². The Labute approximate surface area is 119 Å². The molecular weight excluding hydrogens is 340 g/mol. The molecule has 0 aliphatic carbocycles. The average Bonchev–Trinajstić information content (AvgIpc) is 2.34. The second-order valence-corrected chi connectivity index (χ2v) is 6.13. The summed E-state index contributed by atoms with van der Waals surface area (Å²) in [6.07, 6.45) is 1.02. The number of alkyl halides is 1. The molecule has 0 aliphatic rings. The smallest absolute Gasteiger partial charge is 0.0435 e. The van der Waals surface area contributed by atoms with Gasteiger partial charge in [0.05, 0.1) is 0 Å². The zero-order chi connectivity index (χ0) is 12.3. The summed E-state index contributed by atoms with van der Waals surface area (Å²) >= 11 is 7.30. The third-order valence-electron chi connectivity index (χ3n) is 2.80. The average molecular weight is 354 g/mol. The molecule has 2 heteroatoms. The Balaban J connectivity index is 2.14. The Kier molecular flexibility index (Phi) is 4.41. The van der Waals surface area contributed by atoms with Crippen LogP contribution in [0.3, 0.4) is 0 Å². The fourth-order valence-corrected chi connectivity index (χ4v) is 2.71. The molecule has 0 aromatic heterocycles. The summed E-state index contributed by atoms with van der Waals surface area (Å²) in [5, 5.41) is 0. The standard InChI is InChI=1S/C15H14Br2/c1-11-9-13(7-8-14(11)16)15(17)10-12-5-3-2-4-6-12/h2-9,15H,10H2,1H3. The van der Waals surface area contributed by atoms with E-state index in [4.69, 9.17) is 0 Å². The summed E-state index contributed by atoms with van der Waals surface area (Å²) in [6, 6.07) is 17.1. The molecule has 0 spiro atoms. The van der Waals surface area contributed by atoms with Crippen LogP contribution in [-0.4, -0.2) is 0 Å². The van der Waals surface area contributed by atoms with Gasteiger partial charge in [-0.25, -0.2) is 0 Å². The highest BCUT2D eigenvalue weighted by Crippen LogP contribution is 2.29. The van der Waals surface area contributed by atoms with Crippen LogP contribution in [0.4, 0.5) is 0 Å². The number of halogens is 2. The number of rotatable bonds is 3. The first-order chi connectivity index (χ1) is 8.16. The zero-order valence-electron chi connectivity index (χ0n) is 9.66. The van der Waals surface area contributed by atoms with Crippen molar-refractivity contribution in [2.75, 3.05) is 0 Å². The molecule has 0 radical (unpaired) electrons. The summed E-state index contributed by atoms with van der Waals surface area (Å²) in [4.78, 5) is 0.372. The highest BCUT2D eigenvalue weighted by molar-refractivity contribution is 9.10. The van der Waals surface area contributed by atoms with Gasteiger partial charge >= 0.3 is 0 Å². The van der Waals surface area contributed by atoms with Crippen molar-refractivity contribution in [3.8, 4) is 0 Å². The summed E-state index contributed by atoms with van der Waals surface area (Å²) in [5.41, 5.74) is 3.96. The lowest BCUT2D eigenvalue weighted by atomic mass is 10.0. The summed E-state index contributed by atoms with van der Waals surface area (Å²) < 4.78 is 1.17. The van der Waals surface area contributed by atoms with E-state index in [2.05, 4.69) is 87.3 Å². The molecule has 2 rings (SSSR count). The lowest BCUT2D eigenvalue weighted by molar-refractivity contribution is 0.946. The Bertz CT molecular complexity index is 492. The maximum absolute atomic E-state index is 3.77. The van der Waals surface area contributed by atoms with Crippen molar-refractivity contribution in [3.63, 3.8) is 0 Å². The molecule has 0 fully saturated rings. The highest BCUT2D eigenvalue weighted by Gasteiger charge is 2.09. The minimum Gasteiger partial charge on any atom is -0.0835 e. The Morgan fingerprint density at radius 1 is 1.06 bits per heavy atom. The molecule has 2 aromatic rings. The third-order valence-corrected chi connectivity index (χ3v) is 4.54. The molecule has 0 nitrogen and oxygen atoms in total. The molecule has 0 aliphatic heterocycles. The number of hydrogen-bond donors (Lipinski definition) is 0. The number of hydrogen-bond acceptors (Lipinski definition) is 0. The second-order valence-electron chi connectivity index (χ2n) is 4.17. The van der Waals surface area contributed by atoms with Crippen LogP contribution in [0.15, 0.2) is 53.0 Å². The molecule has 17 heavy (non-hydrogen) atoms. The topological polar surface area (TPSA) is 0 Å². The first kappa shape index (κ1) is 12.8. The van der Waals surface area contributed by atoms with Crippen molar-refractivity contribution < 1.29 is 0 Å².